The Morgan fingerprint density at radius 2 is 2.03 bits per heavy atom. The second-order valence-corrected chi connectivity index (χ2v) is 10.9. The van der Waals surface area contributed by atoms with Crippen LogP contribution >= 0.6 is 11.6 Å². The zero-order valence-electron chi connectivity index (χ0n) is 20.6. The van der Waals surface area contributed by atoms with E-state index in [9.17, 15) is 20.0 Å². The number of nitrogens with zero attached hydrogens (tertiary/aromatic N) is 4. The molecule has 0 radical (unpaired) electrons. The van der Waals surface area contributed by atoms with Gasteiger partial charge >= 0.3 is 0 Å². The van der Waals surface area contributed by atoms with Crippen LogP contribution in [0, 0.1) is 23.2 Å². The summed E-state index contributed by atoms with van der Waals surface area (Å²) < 4.78 is 17.6. The summed E-state index contributed by atoms with van der Waals surface area (Å²) in [5.41, 5.74) is -1.09. The zero-order valence-corrected chi connectivity index (χ0v) is 21.4. The van der Waals surface area contributed by atoms with Crippen molar-refractivity contribution in [3.8, 4) is 11.9 Å². The second kappa shape index (κ2) is 8.23. The Labute approximate surface area is 226 Å². The maximum absolute atomic E-state index is 13.9. The number of ether oxygens (including phenoxy) is 2. The molecular weight excluding hydrogens is 524 g/mol. The molecular formula is C28H21ClN4O6. The van der Waals surface area contributed by atoms with E-state index in [0.29, 0.717) is 27.1 Å². The second-order valence-electron chi connectivity index (χ2n) is 10.4. The maximum atomic E-state index is 13.9. The maximum Gasteiger partial charge on any atom is 0.262 e. The molecule has 1 N–H and O–H groups in total. The van der Waals surface area contributed by atoms with Crippen molar-refractivity contribution >= 4 is 51.1 Å². The van der Waals surface area contributed by atoms with Gasteiger partial charge in [0.25, 0.3) is 5.88 Å². The first-order valence-corrected chi connectivity index (χ1v) is 12.9. The molecule has 0 spiro atoms. The van der Waals surface area contributed by atoms with Crippen LogP contribution in [0.25, 0.3) is 21.9 Å². The van der Waals surface area contributed by atoms with Crippen molar-refractivity contribution in [3.63, 3.8) is 0 Å². The summed E-state index contributed by atoms with van der Waals surface area (Å²) in [7, 11) is 0. The van der Waals surface area contributed by atoms with Crippen LogP contribution in [0.4, 0.5) is 5.82 Å². The van der Waals surface area contributed by atoms with Crippen molar-refractivity contribution in [2.75, 3.05) is 11.5 Å². The van der Waals surface area contributed by atoms with Crippen molar-refractivity contribution in [2.45, 2.75) is 37.1 Å². The molecule has 7 rings (SSSR count). The summed E-state index contributed by atoms with van der Waals surface area (Å²) in [6.07, 6.45) is -0.542. The fraction of sp³-hybridized carbons (Fsp3) is 0.321. The molecule has 5 atom stereocenters. The molecule has 196 valence electrons. The van der Waals surface area contributed by atoms with E-state index in [4.69, 9.17) is 25.6 Å². The van der Waals surface area contributed by atoms with Crippen molar-refractivity contribution in [2.24, 2.45) is 11.8 Å². The minimum Gasteiger partial charge on any atom is -0.475 e. The fourth-order valence-electron chi connectivity index (χ4n) is 6.51. The van der Waals surface area contributed by atoms with Gasteiger partial charge in [-0.3, -0.25) is 9.59 Å². The van der Waals surface area contributed by atoms with Gasteiger partial charge in [0.1, 0.15) is 17.5 Å². The molecule has 0 aliphatic carbocycles. The van der Waals surface area contributed by atoms with Crippen LogP contribution < -0.4 is 9.64 Å². The predicted octanol–water partition coefficient (Wildman–Crippen LogP) is 3.77. The SMILES string of the molecule is CC12OC(CCOc3noc4ccc(Cl)cc34)(CC1O)C1C(=O)N(c3ccc4cccc(C#N)c4n3)C(=O)C12. The number of rotatable bonds is 5. The molecule has 11 heteroatoms. The summed E-state index contributed by atoms with van der Waals surface area (Å²) >= 11 is 6.10. The summed E-state index contributed by atoms with van der Waals surface area (Å²) in [5.74, 6) is -2.24. The lowest BCUT2D eigenvalue weighted by molar-refractivity contribution is -0.134. The highest BCUT2D eigenvalue weighted by molar-refractivity contribution is 6.31. The lowest BCUT2D eigenvalue weighted by Gasteiger charge is -2.33. The largest absolute Gasteiger partial charge is 0.475 e. The molecule has 39 heavy (non-hydrogen) atoms. The normalized spacial score (nSPS) is 29.4. The summed E-state index contributed by atoms with van der Waals surface area (Å²) in [5, 5.41) is 26.3. The lowest BCUT2D eigenvalue weighted by atomic mass is 9.66. The molecule has 2 amide bonds. The number of pyridine rings is 1. The predicted molar refractivity (Wildman–Crippen MR) is 138 cm³/mol. The summed E-state index contributed by atoms with van der Waals surface area (Å²) in [6.45, 7) is 1.77. The fourth-order valence-corrected chi connectivity index (χ4v) is 6.69. The van der Waals surface area contributed by atoms with Crippen LogP contribution in [0.1, 0.15) is 25.3 Å². The van der Waals surface area contributed by atoms with E-state index in [0.717, 1.165) is 10.3 Å². The molecule has 3 saturated heterocycles. The molecule has 5 unspecified atom stereocenters. The van der Waals surface area contributed by atoms with Gasteiger partial charge in [0, 0.05) is 23.3 Å². The van der Waals surface area contributed by atoms with Gasteiger partial charge in [-0.05, 0) is 48.5 Å². The number of imide groups is 1. The first-order chi connectivity index (χ1) is 18.8. The monoisotopic (exact) mass is 544 g/mol. The molecule has 5 heterocycles. The highest BCUT2D eigenvalue weighted by Gasteiger charge is 2.77. The molecule has 3 aliphatic rings. The number of para-hydroxylation sites is 1. The first-order valence-electron chi connectivity index (χ1n) is 12.5. The number of anilines is 1. The van der Waals surface area contributed by atoms with E-state index in [1.54, 1.807) is 49.4 Å². The third kappa shape index (κ3) is 3.27. The quantitative estimate of drug-likeness (QED) is 0.372. The molecule has 10 nitrogen and oxygen atoms in total. The Hall–Kier alpha value is -4.04. The van der Waals surface area contributed by atoms with E-state index in [-0.39, 0.29) is 31.1 Å². The van der Waals surface area contributed by atoms with Gasteiger partial charge in [-0.1, -0.05) is 23.7 Å². The smallest absolute Gasteiger partial charge is 0.262 e. The number of fused-ring (bicyclic) bond motifs is 7. The van der Waals surface area contributed by atoms with Crippen molar-refractivity contribution in [1.29, 1.82) is 5.26 Å². The van der Waals surface area contributed by atoms with E-state index in [2.05, 4.69) is 16.2 Å². The molecule has 3 fully saturated rings. The van der Waals surface area contributed by atoms with Crippen LogP contribution in [-0.2, 0) is 14.3 Å². The van der Waals surface area contributed by atoms with Crippen LogP contribution in [0.5, 0.6) is 5.88 Å². The Morgan fingerprint density at radius 3 is 2.85 bits per heavy atom. The Kier molecular flexibility index (Phi) is 5.07. The Morgan fingerprint density at radius 1 is 1.21 bits per heavy atom. The Balaban J connectivity index is 1.20. The van der Waals surface area contributed by atoms with Crippen molar-refractivity contribution in [1.82, 2.24) is 10.1 Å². The van der Waals surface area contributed by atoms with E-state index in [1.165, 1.54) is 0 Å². The number of hydrogen-bond acceptors (Lipinski definition) is 9. The van der Waals surface area contributed by atoms with Crippen molar-refractivity contribution < 1.29 is 28.7 Å². The van der Waals surface area contributed by atoms with Gasteiger partial charge in [-0.25, -0.2) is 9.88 Å². The van der Waals surface area contributed by atoms with Gasteiger partial charge in [0.05, 0.1) is 46.6 Å². The number of carbonyl (C=O) groups excluding carboxylic acids is 2. The van der Waals surface area contributed by atoms with Gasteiger partial charge in [0.15, 0.2) is 5.58 Å². The number of amides is 2. The highest BCUT2D eigenvalue weighted by atomic mass is 35.5. The van der Waals surface area contributed by atoms with E-state index in [1.807, 2.05) is 6.07 Å². The minimum absolute atomic E-state index is 0.0986. The zero-order chi connectivity index (χ0) is 27.1. The molecule has 2 aromatic heterocycles. The van der Waals surface area contributed by atoms with E-state index >= 15 is 0 Å². The lowest BCUT2D eigenvalue weighted by Crippen LogP contribution is -2.49. The van der Waals surface area contributed by atoms with Gasteiger partial charge in [-0.15, -0.1) is 0 Å². The van der Waals surface area contributed by atoms with Crippen LogP contribution in [0.3, 0.4) is 0 Å². The van der Waals surface area contributed by atoms with Gasteiger partial charge in [0.2, 0.25) is 11.8 Å². The number of hydrogen-bond donors (Lipinski definition) is 1. The Bertz CT molecular complexity index is 1750. The van der Waals surface area contributed by atoms with Crippen LogP contribution in [-0.4, -0.2) is 51.0 Å². The standard InChI is InChI=1S/C28H21ClN4O6/c1-27-19(34)12-28(39-27,9-10-37-24-17-11-16(29)6-7-18(17)38-32-24)22-21(27)25(35)33(26(22)36)20-8-5-14-3-2-4-15(13-30)23(14)31-20/h2-8,11,19,21-22,34H,9-10,12H2,1H3. The number of benzene rings is 2. The van der Waals surface area contributed by atoms with Crippen molar-refractivity contribution in [3.05, 3.63) is 59.1 Å². The summed E-state index contributed by atoms with van der Waals surface area (Å²) in [6, 6.07) is 15.7. The highest BCUT2D eigenvalue weighted by Crippen LogP contribution is 2.62. The van der Waals surface area contributed by atoms with Gasteiger partial charge in [-0.2, -0.15) is 5.26 Å². The number of nitriles is 1. The number of aromatic nitrogens is 2. The number of aliphatic hydroxyl groups excluding tert-OH is 1. The average Bonchev–Trinajstić information content (AvgIpc) is 3.60. The molecule has 2 bridgehead atoms. The minimum atomic E-state index is -1.24. The summed E-state index contributed by atoms with van der Waals surface area (Å²) in [4.78, 5) is 33.2. The third-order valence-electron chi connectivity index (χ3n) is 8.33. The van der Waals surface area contributed by atoms with E-state index < -0.39 is 41.0 Å². The number of halogens is 1. The molecule has 0 saturated carbocycles. The molecule has 2 aromatic carbocycles. The number of carbonyl (C=O) groups is 2. The van der Waals surface area contributed by atoms with Gasteiger partial charge < -0.3 is 19.1 Å². The first kappa shape index (κ1) is 24.0. The van der Waals surface area contributed by atoms with Crippen LogP contribution in [0.2, 0.25) is 5.02 Å². The molecule has 3 aliphatic heterocycles. The average molecular weight is 545 g/mol. The third-order valence-corrected chi connectivity index (χ3v) is 8.57. The topological polar surface area (TPSA) is 139 Å². The molecule has 4 aromatic rings. The van der Waals surface area contributed by atoms with Crippen LogP contribution in [0.15, 0.2) is 53.1 Å². The number of aliphatic hydroxyl groups is 1.